The molecule has 3 aromatic carbocycles. The minimum atomic E-state index is -0.123. The monoisotopic (exact) mass is 889 g/mol. The van der Waals surface area contributed by atoms with Gasteiger partial charge < -0.3 is 23.5 Å². The Morgan fingerprint density at radius 3 is 1.37 bits per heavy atom. The molecule has 1 heterocycles. The van der Waals surface area contributed by atoms with Gasteiger partial charge in [0.05, 0.1) is 37.6 Å². The Balaban J connectivity index is 2.10. The van der Waals surface area contributed by atoms with Gasteiger partial charge in [0.2, 0.25) is 0 Å². The van der Waals surface area contributed by atoms with Gasteiger partial charge in [0.25, 0.3) is 0 Å². The zero-order valence-electron chi connectivity index (χ0n) is 44.5. The predicted molar refractivity (Wildman–Crippen MR) is 275 cm³/mol. The zero-order chi connectivity index (χ0) is 48.5. The minimum absolute atomic E-state index is 0.00669. The van der Waals surface area contributed by atoms with Gasteiger partial charge in [0.15, 0.2) is 0 Å². The Labute approximate surface area is 396 Å². The van der Waals surface area contributed by atoms with Gasteiger partial charge in [-0.2, -0.15) is 0 Å². The van der Waals surface area contributed by atoms with Crippen molar-refractivity contribution in [1.82, 2.24) is 9.55 Å². The quantitative estimate of drug-likeness (QED) is 0.0654. The summed E-state index contributed by atoms with van der Waals surface area (Å²) in [5.74, 6) is 3.84. The third kappa shape index (κ3) is 14.8. The average Bonchev–Trinajstić information content (AvgIpc) is 3.63. The van der Waals surface area contributed by atoms with E-state index in [-0.39, 0.29) is 21.7 Å². The maximum atomic E-state index is 7.09. The van der Waals surface area contributed by atoms with Crippen molar-refractivity contribution in [3.63, 3.8) is 0 Å². The van der Waals surface area contributed by atoms with E-state index in [1.165, 1.54) is 50.1 Å². The van der Waals surface area contributed by atoms with E-state index in [2.05, 4.69) is 172 Å². The van der Waals surface area contributed by atoms with Crippen molar-refractivity contribution in [2.75, 3.05) is 19.8 Å². The number of allylic oxidation sites excluding steroid dienone is 4. The van der Waals surface area contributed by atoms with Gasteiger partial charge in [-0.05, 0) is 117 Å². The van der Waals surface area contributed by atoms with E-state index >= 15 is 0 Å². The van der Waals surface area contributed by atoms with Crippen LogP contribution in [0.1, 0.15) is 200 Å². The van der Waals surface area contributed by atoms with E-state index in [0.717, 1.165) is 65.5 Å². The number of aryl methyl sites for hydroxylation is 2. The van der Waals surface area contributed by atoms with Crippen molar-refractivity contribution in [3.05, 3.63) is 128 Å². The molecule has 0 atom stereocenters. The van der Waals surface area contributed by atoms with Crippen LogP contribution in [0.5, 0.6) is 17.2 Å². The normalized spacial score (nSPS) is 13.2. The van der Waals surface area contributed by atoms with E-state index in [0.29, 0.717) is 45.7 Å². The van der Waals surface area contributed by atoms with Crippen molar-refractivity contribution >= 4 is 0 Å². The lowest BCUT2D eigenvalue weighted by atomic mass is 9.80. The number of hydrogen-bond acceptors (Lipinski definition) is 5. The van der Waals surface area contributed by atoms with Crippen LogP contribution < -0.4 is 14.2 Å². The van der Waals surface area contributed by atoms with Crippen molar-refractivity contribution < 1.29 is 18.9 Å². The first-order chi connectivity index (χ1) is 30.3. The highest BCUT2D eigenvalue weighted by Gasteiger charge is 2.27. The maximum absolute atomic E-state index is 7.09. The van der Waals surface area contributed by atoms with Gasteiger partial charge in [0.1, 0.15) is 23.9 Å². The van der Waals surface area contributed by atoms with Gasteiger partial charge >= 0.3 is 0 Å². The topological polar surface area (TPSA) is 54.7 Å². The number of imidazole rings is 1. The fourth-order valence-electron chi connectivity index (χ4n) is 7.85. The lowest BCUT2D eigenvalue weighted by molar-refractivity contribution is 0.211. The Bertz CT molecular complexity index is 2260. The van der Waals surface area contributed by atoms with Gasteiger partial charge in [0, 0.05) is 32.5 Å². The van der Waals surface area contributed by atoms with Gasteiger partial charge in [-0.15, -0.1) is 0 Å². The van der Waals surface area contributed by atoms with Gasteiger partial charge in [-0.1, -0.05) is 159 Å². The van der Waals surface area contributed by atoms with Crippen LogP contribution in [0.15, 0.2) is 71.9 Å². The molecule has 0 saturated heterocycles. The van der Waals surface area contributed by atoms with Crippen molar-refractivity contribution in [1.29, 1.82) is 0 Å². The molecular weight excluding hydrogens is 801 g/mol. The molecule has 0 N–H and O–H groups in total. The average molecular weight is 889 g/mol. The van der Waals surface area contributed by atoms with Gasteiger partial charge in [-0.25, -0.2) is 4.98 Å². The van der Waals surface area contributed by atoms with E-state index < -0.39 is 0 Å². The molecule has 0 spiro atoms. The number of ether oxygens (including phenoxy) is 4. The molecule has 6 nitrogen and oxygen atoms in total. The van der Waals surface area contributed by atoms with E-state index in [4.69, 9.17) is 18.9 Å². The van der Waals surface area contributed by atoms with Crippen LogP contribution >= 0.6 is 0 Å². The van der Waals surface area contributed by atoms with Crippen molar-refractivity contribution in [3.8, 4) is 17.2 Å². The summed E-state index contributed by atoms with van der Waals surface area (Å²) in [6.45, 7) is 43.1. The summed E-state index contributed by atoms with van der Waals surface area (Å²) in [7, 11) is 2.00. The van der Waals surface area contributed by atoms with Crippen LogP contribution in [0.4, 0.5) is 0 Å². The molecule has 4 aromatic rings. The summed E-state index contributed by atoms with van der Waals surface area (Å²) in [6, 6.07) is 14.3. The second-order valence-corrected chi connectivity index (χ2v) is 22.5. The van der Waals surface area contributed by atoms with Crippen LogP contribution in [0.2, 0.25) is 0 Å². The Morgan fingerprint density at radius 2 is 0.985 bits per heavy atom. The molecule has 1 aromatic heterocycles. The molecule has 4 rings (SSSR count). The Kier molecular flexibility index (Phi) is 18.3. The Hall–Kier alpha value is -4.45. The lowest BCUT2D eigenvalue weighted by Gasteiger charge is -2.28. The lowest BCUT2D eigenvalue weighted by Crippen LogP contribution is -2.16. The van der Waals surface area contributed by atoms with E-state index in [1.807, 2.05) is 24.1 Å². The maximum Gasteiger partial charge on any atom is 0.132 e. The predicted octanol–water partition coefficient (Wildman–Crippen LogP) is 15.4. The molecule has 0 radical (unpaired) electrons. The summed E-state index contributed by atoms with van der Waals surface area (Å²) in [6.07, 6.45) is 11.9. The van der Waals surface area contributed by atoms with Gasteiger partial charge in [-0.3, -0.25) is 0 Å². The SMILES string of the molecule is CCCOC(C)=C(C=C(C)C(C)(C)C)Cc1cc(C(C)(C)C)cc(Cc2cc(C(C)(C)C)cc(Cc3cc(C(C)(C)C)cc(CC)c3OCCC)c2OCCC)c1OCc1cn(C)cn1. The highest BCUT2D eigenvalue weighted by atomic mass is 16.5. The van der Waals surface area contributed by atoms with E-state index in [1.54, 1.807) is 0 Å². The smallest absolute Gasteiger partial charge is 0.132 e. The molecule has 0 amide bonds. The van der Waals surface area contributed by atoms with Crippen molar-refractivity contribution in [2.24, 2.45) is 12.5 Å². The first-order valence-corrected chi connectivity index (χ1v) is 24.7. The summed E-state index contributed by atoms with van der Waals surface area (Å²) in [4.78, 5) is 4.69. The highest BCUT2D eigenvalue weighted by molar-refractivity contribution is 5.57. The first-order valence-electron chi connectivity index (χ1n) is 24.7. The standard InChI is InChI=1S/C59H88N2O4/c1-20-24-62-41(6)43(27-40(5)56(7,8)9)28-44-32-50(58(13,14)15)36-48(55(44)65-38-52-37-61(19)39-60-52)30-47-35-51(59(16,17)18)34-46(54(47)64-26-22-3)29-45-33-49(57(10,11)12)31-42(23-4)53(45)63-25-21-2/h27,31-37,39H,20-26,28-30,38H2,1-19H3. The second-order valence-electron chi connectivity index (χ2n) is 22.5. The third-order valence-electron chi connectivity index (χ3n) is 12.4. The Morgan fingerprint density at radius 1 is 0.569 bits per heavy atom. The minimum Gasteiger partial charge on any atom is -0.498 e. The molecule has 0 aliphatic rings. The first kappa shape index (κ1) is 53.2. The van der Waals surface area contributed by atoms with Crippen molar-refractivity contribution in [2.45, 2.75) is 192 Å². The molecule has 0 fully saturated rings. The number of nitrogens with zero attached hydrogens (tertiary/aromatic N) is 2. The van der Waals surface area contributed by atoms with Crippen LogP contribution in [0.3, 0.4) is 0 Å². The van der Waals surface area contributed by atoms with Crippen LogP contribution in [0, 0.1) is 5.41 Å². The molecule has 0 aliphatic heterocycles. The fourth-order valence-corrected chi connectivity index (χ4v) is 7.85. The summed E-state index contributed by atoms with van der Waals surface area (Å²) in [5.41, 5.74) is 14.1. The zero-order valence-corrected chi connectivity index (χ0v) is 44.5. The molecular formula is C59H88N2O4. The third-order valence-corrected chi connectivity index (χ3v) is 12.4. The second kappa shape index (κ2) is 22.4. The number of aromatic nitrogens is 2. The fraction of sp³-hybridized carbons (Fsp3) is 0.576. The number of benzene rings is 3. The van der Waals surface area contributed by atoms with E-state index in [9.17, 15) is 0 Å². The number of rotatable bonds is 20. The molecule has 6 heteroatoms. The molecule has 0 bridgehead atoms. The number of hydrogen-bond donors (Lipinski definition) is 0. The van der Waals surface area contributed by atoms with Crippen LogP contribution in [-0.2, 0) is 60.3 Å². The highest BCUT2D eigenvalue weighted by Crippen LogP contribution is 2.42. The summed E-state index contributed by atoms with van der Waals surface area (Å²) >= 11 is 0. The molecule has 0 unspecified atom stereocenters. The summed E-state index contributed by atoms with van der Waals surface area (Å²) < 4.78 is 29.1. The molecule has 0 aliphatic carbocycles. The molecule has 0 saturated carbocycles. The van der Waals surface area contributed by atoms with Crippen LogP contribution in [-0.4, -0.2) is 29.4 Å². The summed E-state index contributed by atoms with van der Waals surface area (Å²) in [5, 5.41) is 0. The molecule has 358 valence electrons. The largest absolute Gasteiger partial charge is 0.498 e. The van der Waals surface area contributed by atoms with Crippen LogP contribution in [0.25, 0.3) is 0 Å². The molecule has 65 heavy (non-hydrogen) atoms.